The molecule has 5 nitrogen and oxygen atoms in total. The fourth-order valence-corrected chi connectivity index (χ4v) is 2.92. The van der Waals surface area contributed by atoms with Crippen LogP contribution in [0.25, 0.3) is 0 Å². The summed E-state index contributed by atoms with van der Waals surface area (Å²) in [6, 6.07) is 9.13. The van der Waals surface area contributed by atoms with Crippen molar-refractivity contribution in [2.75, 3.05) is 44.8 Å². The molecule has 6 heteroatoms. The Balaban J connectivity index is 0.00000288. The van der Waals surface area contributed by atoms with Gasteiger partial charge >= 0.3 is 0 Å². The molecule has 0 saturated heterocycles. The topological polar surface area (TPSA) is 48.9 Å². The molecule has 0 spiro atoms. The molecule has 1 heterocycles. The molecule has 0 aliphatic carbocycles. The van der Waals surface area contributed by atoms with Crippen molar-refractivity contribution in [2.45, 2.75) is 32.7 Å². The van der Waals surface area contributed by atoms with Crippen molar-refractivity contribution in [2.24, 2.45) is 4.99 Å². The van der Waals surface area contributed by atoms with Gasteiger partial charge in [-0.05, 0) is 38.3 Å². The van der Waals surface area contributed by atoms with E-state index in [1.807, 2.05) is 14.0 Å². The van der Waals surface area contributed by atoms with Gasteiger partial charge in [0.1, 0.15) is 0 Å². The lowest BCUT2D eigenvalue weighted by atomic mass is 10.2. The number of halogens is 1. The molecule has 1 aliphatic rings. The lowest BCUT2D eigenvalue weighted by molar-refractivity contribution is 0.145. The van der Waals surface area contributed by atoms with Gasteiger partial charge in [-0.3, -0.25) is 4.99 Å². The van der Waals surface area contributed by atoms with Crippen molar-refractivity contribution >= 4 is 35.6 Å². The molecule has 1 aliphatic heterocycles. The Kier molecular flexibility index (Phi) is 10.1. The first-order valence-electron chi connectivity index (χ1n) is 8.63. The molecule has 0 aromatic heterocycles. The number of aliphatic imine (C=N–C) groups is 1. The number of anilines is 1. The minimum Gasteiger partial charge on any atom is -0.382 e. The van der Waals surface area contributed by atoms with Gasteiger partial charge in [0.25, 0.3) is 0 Å². The van der Waals surface area contributed by atoms with Gasteiger partial charge in [0.05, 0.1) is 0 Å². The molecule has 2 N–H and O–H groups in total. The van der Waals surface area contributed by atoms with E-state index in [9.17, 15) is 0 Å². The maximum Gasteiger partial charge on any atom is 0.191 e. The molecule has 0 amide bonds. The monoisotopic (exact) mass is 446 g/mol. The van der Waals surface area contributed by atoms with Crippen LogP contribution in [0, 0.1) is 0 Å². The van der Waals surface area contributed by atoms with Gasteiger partial charge in [-0.15, -0.1) is 24.0 Å². The van der Waals surface area contributed by atoms with E-state index in [2.05, 4.69) is 51.7 Å². The second kappa shape index (κ2) is 11.5. The second-order valence-electron chi connectivity index (χ2n) is 5.85. The maximum atomic E-state index is 5.34. The predicted octanol–water partition coefficient (Wildman–Crippen LogP) is 2.65. The lowest BCUT2D eigenvalue weighted by Gasteiger charge is -2.28. The zero-order valence-electron chi connectivity index (χ0n) is 15.0. The van der Waals surface area contributed by atoms with Crippen LogP contribution in [-0.2, 0) is 11.2 Å². The fraction of sp³-hybridized carbons (Fsp3) is 0.611. The van der Waals surface area contributed by atoms with Crippen molar-refractivity contribution in [1.82, 2.24) is 10.6 Å². The minimum atomic E-state index is 0. The Hall–Kier alpha value is -1.02. The van der Waals surface area contributed by atoms with E-state index >= 15 is 0 Å². The zero-order chi connectivity index (χ0) is 16.5. The molecule has 136 valence electrons. The molecule has 0 fully saturated rings. The molecule has 2 rings (SSSR count). The summed E-state index contributed by atoms with van der Waals surface area (Å²) in [6.45, 7) is 8.70. The summed E-state index contributed by atoms with van der Waals surface area (Å²) in [5.41, 5.74) is 2.83. The van der Waals surface area contributed by atoms with E-state index in [1.54, 1.807) is 0 Å². The summed E-state index contributed by atoms with van der Waals surface area (Å²) in [6.07, 6.45) is 2.13. The maximum absolute atomic E-state index is 5.34. The number of benzene rings is 1. The summed E-state index contributed by atoms with van der Waals surface area (Å²) < 4.78 is 5.34. The standard InChI is InChI=1S/C18H30N4O.HI/c1-4-23-13-7-11-20-18(19-3)21-14-15(2)22-12-10-16-8-5-6-9-17(16)22;/h5-6,8-9,15H,4,7,10-14H2,1-3H3,(H2,19,20,21);1H. The van der Waals surface area contributed by atoms with Gasteiger partial charge in [-0.25, -0.2) is 0 Å². The van der Waals surface area contributed by atoms with Crippen LogP contribution in [0.3, 0.4) is 0 Å². The Morgan fingerprint density at radius 1 is 1.33 bits per heavy atom. The molecule has 0 saturated carbocycles. The predicted molar refractivity (Wildman–Crippen MR) is 113 cm³/mol. The second-order valence-corrected chi connectivity index (χ2v) is 5.85. The van der Waals surface area contributed by atoms with Crippen LogP contribution in [0.1, 0.15) is 25.8 Å². The number of guanidine groups is 1. The van der Waals surface area contributed by atoms with Gasteiger partial charge in [0.15, 0.2) is 5.96 Å². The number of rotatable bonds is 8. The van der Waals surface area contributed by atoms with Crippen molar-refractivity contribution in [3.05, 3.63) is 29.8 Å². The number of hydrogen-bond acceptors (Lipinski definition) is 3. The van der Waals surface area contributed by atoms with Gasteiger partial charge < -0.3 is 20.3 Å². The Morgan fingerprint density at radius 3 is 2.88 bits per heavy atom. The molecule has 0 bridgehead atoms. The average Bonchev–Trinajstić information content (AvgIpc) is 3.01. The van der Waals surface area contributed by atoms with Gasteiger partial charge in [0.2, 0.25) is 0 Å². The third-order valence-electron chi connectivity index (χ3n) is 4.21. The number of ether oxygens (including phenoxy) is 1. The first kappa shape index (κ1) is 21.0. The number of nitrogens with one attached hydrogen (secondary N) is 2. The van der Waals surface area contributed by atoms with Crippen LogP contribution < -0.4 is 15.5 Å². The first-order valence-corrected chi connectivity index (χ1v) is 8.63. The largest absolute Gasteiger partial charge is 0.382 e. The van der Waals surface area contributed by atoms with E-state index < -0.39 is 0 Å². The molecule has 1 aromatic carbocycles. The number of fused-ring (bicyclic) bond motifs is 1. The average molecular weight is 446 g/mol. The van der Waals surface area contributed by atoms with E-state index in [-0.39, 0.29) is 24.0 Å². The van der Waals surface area contributed by atoms with Crippen molar-refractivity contribution in [3.8, 4) is 0 Å². The quantitative estimate of drug-likeness (QED) is 0.279. The Morgan fingerprint density at radius 2 is 2.12 bits per heavy atom. The third kappa shape index (κ3) is 6.12. The molecule has 24 heavy (non-hydrogen) atoms. The summed E-state index contributed by atoms with van der Waals surface area (Å²) in [5, 5.41) is 6.76. The number of hydrogen-bond donors (Lipinski definition) is 2. The van der Waals surface area contributed by atoms with Gasteiger partial charge in [-0.1, -0.05) is 18.2 Å². The molecule has 1 atom stereocenters. The van der Waals surface area contributed by atoms with Crippen LogP contribution in [0.15, 0.2) is 29.3 Å². The van der Waals surface area contributed by atoms with Crippen LogP contribution in [0.4, 0.5) is 5.69 Å². The summed E-state index contributed by atoms with van der Waals surface area (Å²) >= 11 is 0. The highest BCUT2D eigenvalue weighted by Crippen LogP contribution is 2.28. The van der Waals surface area contributed by atoms with E-state index in [1.165, 1.54) is 11.3 Å². The fourth-order valence-electron chi connectivity index (χ4n) is 2.92. The highest BCUT2D eigenvalue weighted by Gasteiger charge is 2.22. The van der Waals surface area contributed by atoms with Crippen LogP contribution in [-0.4, -0.2) is 51.9 Å². The lowest BCUT2D eigenvalue weighted by Crippen LogP contribution is -2.46. The Labute approximate surface area is 163 Å². The first-order chi connectivity index (χ1) is 11.3. The summed E-state index contributed by atoms with van der Waals surface area (Å²) in [7, 11) is 1.81. The molecular weight excluding hydrogens is 415 g/mol. The molecule has 1 unspecified atom stereocenters. The van der Waals surface area contributed by atoms with E-state index in [0.29, 0.717) is 6.04 Å². The molecule has 1 aromatic rings. The highest BCUT2D eigenvalue weighted by molar-refractivity contribution is 14.0. The van der Waals surface area contributed by atoms with Crippen molar-refractivity contribution in [3.63, 3.8) is 0 Å². The Bertz CT molecular complexity index is 510. The zero-order valence-corrected chi connectivity index (χ0v) is 17.4. The van der Waals surface area contributed by atoms with E-state index in [0.717, 1.165) is 51.6 Å². The normalized spacial score (nSPS) is 14.8. The van der Waals surface area contributed by atoms with Gasteiger partial charge in [-0.2, -0.15) is 0 Å². The summed E-state index contributed by atoms with van der Waals surface area (Å²) in [4.78, 5) is 6.76. The van der Waals surface area contributed by atoms with Crippen LogP contribution in [0.5, 0.6) is 0 Å². The van der Waals surface area contributed by atoms with Gasteiger partial charge in [0, 0.05) is 51.6 Å². The van der Waals surface area contributed by atoms with Crippen molar-refractivity contribution in [1.29, 1.82) is 0 Å². The minimum absolute atomic E-state index is 0. The van der Waals surface area contributed by atoms with Crippen LogP contribution in [0.2, 0.25) is 0 Å². The molecular formula is C18H31IN4O. The van der Waals surface area contributed by atoms with Crippen LogP contribution >= 0.6 is 24.0 Å². The number of para-hydroxylation sites is 1. The molecule has 0 radical (unpaired) electrons. The van der Waals surface area contributed by atoms with E-state index in [4.69, 9.17) is 4.74 Å². The third-order valence-corrected chi connectivity index (χ3v) is 4.21. The summed E-state index contributed by atoms with van der Waals surface area (Å²) in [5.74, 6) is 0.862. The SMILES string of the molecule is CCOCCCNC(=NC)NCC(C)N1CCc2ccccc21.I. The smallest absolute Gasteiger partial charge is 0.191 e. The highest BCUT2D eigenvalue weighted by atomic mass is 127. The van der Waals surface area contributed by atoms with Crippen molar-refractivity contribution < 1.29 is 4.74 Å². The number of nitrogens with zero attached hydrogens (tertiary/aromatic N) is 2.